The summed E-state index contributed by atoms with van der Waals surface area (Å²) in [6.45, 7) is 8.31. The van der Waals surface area contributed by atoms with Crippen LogP contribution in [0.3, 0.4) is 0 Å². The predicted molar refractivity (Wildman–Crippen MR) is 91.4 cm³/mol. The average Bonchev–Trinajstić information content (AvgIpc) is 2.43. The summed E-state index contributed by atoms with van der Waals surface area (Å²) in [6.07, 6.45) is 0.752. The third-order valence-corrected chi connectivity index (χ3v) is 4.51. The quantitative estimate of drug-likeness (QED) is 0.887. The molecule has 5 heteroatoms. The van der Waals surface area contributed by atoms with Gasteiger partial charge in [0.05, 0.1) is 0 Å². The fraction of sp³-hybridized carbons (Fsp3) is 0.588. The van der Waals surface area contributed by atoms with Gasteiger partial charge in [0.15, 0.2) is 0 Å². The highest BCUT2D eigenvalue weighted by atomic mass is 32.2. The first kappa shape index (κ1) is 17.2. The second-order valence-corrected chi connectivity index (χ2v) is 7.82. The monoisotopic (exact) mass is 322 g/mol. The van der Waals surface area contributed by atoms with Gasteiger partial charge in [0.1, 0.15) is 5.60 Å². The van der Waals surface area contributed by atoms with Gasteiger partial charge in [0.2, 0.25) is 0 Å². The Hall–Kier alpha value is -1.20. The van der Waals surface area contributed by atoms with Crippen molar-refractivity contribution in [1.82, 2.24) is 10.6 Å². The van der Waals surface area contributed by atoms with E-state index in [0.29, 0.717) is 6.04 Å². The normalized spacial score (nSPS) is 19.2. The van der Waals surface area contributed by atoms with Gasteiger partial charge in [-0.3, -0.25) is 0 Å². The molecule has 0 bridgehead atoms. The lowest BCUT2D eigenvalue weighted by atomic mass is 10.0. The Balaban J connectivity index is 1.82. The second-order valence-electron chi connectivity index (χ2n) is 6.68. The minimum absolute atomic E-state index is 0.0246. The van der Waals surface area contributed by atoms with Gasteiger partial charge in [-0.1, -0.05) is 18.2 Å². The molecular weight excluding hydrogens is 296 g/mol. The number of thioether (sulfide) groups is 1. The van der Waals surface area contributed by atoms with Crippen LogP contribution in [0.4, 0.5) is 4.79 Å². The van der Waals surface area contributed by atoms with E-state index >= 15 is 0 Å². The van der Waals surface area contributed by atoms with Crippen LogP contribution in [0, 0.1) is 0 Å². The maximum Gasteiger partial charge on any atom is 0.407 e. The fourth-order valence-corrected chi connectivity index (χ4v) is 3.56. The molecule has 0 aliphatic carbocycles. The smallest absolute Gasteiger partial charge is 0.407 e. The van der Waals surface area contributed by atoms with E-state index in [4.69, 9.17) is 4.74 Å². The first-order valence-electron chi connectivity index (χ1n) is 7.80. The predicted octanol–water partition coefficient (Wildman–Crippen LogP) is 3.73. The van der Waals surface area contributed by atoms with Crippen LogP contribution in [-0.4, -0.2) is 30.0 Å². The van der Waals surface area contributed by atoms with Crippen molar-refractivity contribution in [2.45, 2.75) is 56.7 Å². The molecule has 1 amide bonds. The topological polar surface area (TPSA) is 50.4 Å². The molecule has 1 heterocycles. The molecule has 2 unspecified atom stereocenters. The molecule has 1 aliphatic heterocycles. The lowest BCUT2D eigenvalue weighted by Crippen LogP contribution is -2.43. The molecule has 1 aromatic rings. The standard InChI is InChI=1S/C17H26N2O2S/c1-12(19-16(20)21-17(2,3)4)11-18-14-9-10-22-15-8-6-5-7-13(14)15/h5-8,12,14,18H,9-11H2,1-4H3,(H,19,20). The van der Waals surface area contributed by atoms with E-state index in [-0.39, 0.29) is 12.1 Å². The maximum absolute atomic E-state index is 11.8. The highest BCUT2D eigenvalue weighted by molar-refractivity contribution is 7.99. The van der Waals surface area contributed by atoms with Gasteiger partial charge in [-0.05, 0) is 51.5 Å². The Labute approximate surface area is 137 Å². The SMILES string of the molecule is CC(CNC1CCSc2ccccc21)NC(=O)OC(C)(C)C. The molecule has 1 aromatic carbocycles. The Morgan fingerprint density at radius 1 is 1.41 bits per heavy atom. The zero-order chi connectivity index (χ0) is 16.2. The lowest BCUT2D eigenvalue weighted by molar-refractivity contribution is 0.0507. The first-order chi connectivity index (χ1) is 10.3. The van der Waals surface area contributed by atoms with E-state index in [2.05, 4.69) is 34.9 Å². The number of carbonyl (C=O) groups is 1. The lowest BCUT2D eigenvalue weighted by Gasteiger charge is -2.28. The highest BCUT2D eigenvalue weighted by Crippen LogP contribution is 2.35. The number of hydrogen-bond acceptors (Lipinski definition) is 4. The minimum Gasteiger partial charge on any atom is -0.444 e. The van der Waals surface area contributed by atoms with Crippen molar-refractivity contribution in [2.75, 3.05) is 12.3 Å². The summed E-state index contributed by atoms with van der Waals surface area (Å²) in [5, 5.41) is 6.43. The molecule has 1 aliphatic rings. The number of nitrogens with one attached hydrogen (secondary N) is 2. The second kappa shape index (κ2) is 7.38. The number of ether oxygens (including phenoxy) is 1. The molecule has 0 fully saturated rings. The number of amides is 1. The van der Waals surface area contributed by atoms with Crippen molar-refractivity contribution in [2.24, 2.45) is 0 Å². The number of alkyl carbamates (subject to hydrolysis) is 1. The van der Waals surface area contributed by atoms with E-state index in [1.807, 2.05) is 39.5 Å². The Kier molecular flexibility index (Phi) is 5.75. The van der Waals surface area contributed by atoms with E-state index in [1.165, 1.54) is 10.5 Å². The molecule has 0 spiro atoms. The zero-order valence-corrected chi connectivity index (χ0v) is 14.6. The number of fused-ring (bicyclic) bond motifs is 1. The molecule has 22 heavy (non-hydrogen) atoms. The third kappa shape index (κ3) is 5.21. The molecule has 0 saturated heterocycles. The molecule has 0 saturated carbocycles. The summed E-state index contributed by atoms with van der Waals surface area (Å²) in [5.74, 6) is 1.13. The highest BCUT2D eigenvalue weighted by Gasteiger charge is 2.21. The van der Waals surface area contributed by atoms with E-state index in [0.717, 1.165) is 18.7 Å². The number of benzene rings is 1. The van der Waals surface area contributed by atoms with Crippen LogP contribution in [0.2, 0.25) is 0 Å². The first-order valence-corrected chi connectivity index (χ1v) is 8.78. The number of carbonyl (C=O) groups excluding carboxylic acids is 1. The number of rotatable bonds is 4. The third-order valence-electron chi connectivity index (χ3n) is 3.39. The number of hydrogen-bond donors (Lipinski definition) is 2. The molecular formula is C17H26N2O2S. The Bertz CT molecular complexity index is 514. The molecule has 0 radical (unpaired) electrons. The largest absolute Gasteiger partial charge is 0.444 e. The molecule has 2 atom stereocenters. The summed E-state index contributed by atoms with van der Waals surface area (Å²) in [7, 11) is 0. The summed E-state index contributed by atoms with van der Waals surface area (Å²) < 4.78 is 5.28. The van der Waals surface area contributed by atoms with Gasteiger partial charge >= 0.3 is 6.09 Å². The molecule has 4 nitrogen and oxygen atoms in total. The van der Waals surface area contributed by atoms with Crippen molar-refractivity contribution in [3.8, 4) is 0 Å². The van der Waals surface area contributed by atoms with E-state index < -0.39 is 5.60 Å². The van der Waals surface area contributed by atoms with Crippen molar-refractivity contribution in [3.05, 3.63) is 29.8 Å². The van der Waals surface area contributed by atoms with Crippen LogP contribution >= 0.6 is 11.8 Å². The molecule has 2 rings (SSSR count). The van der Waals surface area contributed by atoms with Gasteiger partial charge < -0.3 is 15.4 Å². The van der Waals surface area contributed by atoms with E-state index in [1.54, 1.807) is 0 Å². The van der Waals surface area contributed by atoms with Crippen molar-refractivity contribution < 1.29 is 9.53 Å². The average molecular weight is 322 g/mol. The molecule has 122 valence electrons. The van der Waals surface area contributed by atoms with Gasteiger partial charge in [0, 0.05) is 23.5 Å². The van der Waals surface area contributed by atoms with E-state index in [9.17, 15) is 4.79 Å². The van der Waals surface area contributed by atoms with Gasteiger partial charge in [0.25, 0.3) is 0 Å². The van der Waals surface area contributed by atoms with Gasteiger partial charge in [-0.25, -0.2) is 4.79 Å². The van der Waals surface area contributed by atoms with Crippen LogP contribution in [0.25, 0.3) is 0 Å². The van der Waals surface area contributed by atoms with Crippen LogP contribution in [0.5, 0.6) is 0 Å². The van der Waals surface area contributed by atoms with Crippen molar-refractivity contribution >= 4 is 17.9 Å². The van der Waals surface area contributed by atoms with Crippen molar-refractivity contribution in [1.29, 1.82) is 0 Å². The molecule has 0 aromatic heterocycles. The minimum atomic E-state index is -0.462. The van der Waals surface area contributed by atoms with Crippen LogP contribution in [0.15, 0.2) is 29.2 Å². The van der Waals surface area contributed by atoms with Crippen LogP contribution < -0.4 is 10.6 Å². The van der Waals surface area contributed by atoms with Crippen LogP contribution in [-0.2, 0) is 4.74 Å². The summed E-state index contributed by atoms with van der Waals surface area (Å²) >= 11 is 1.91. The van der Waals surface area contributed by atoms with Gasteiger partial charge in [-0.15, -0.1) is 11.8 Å². The Morgan fingerprint density at radius 3 is 2.86 bits per heavy atom. The fourth-order valence-electron chi connectivity index (χ4n) is 2.43. The van der Waals surface area contributed by atoms with Gasteiger partial charge in [-0.2, -0.15) is 0 Å². The summed E-state index contributed by atoms with van der Waals surface area (Å²) in [5.41, 5.74) is 0.903. The summed E-state index contributed by atoms with van der Waals surface area (Å²) in [4.78, 5) is 13.1. The zero-order valence-electron chi connectivity index (χ0n) is 13.8. The molecule has 2 N–H and O–H groups in total. The summed E-state index contributed by atoms with van der Waals surface area (Å²) in [6, 6.07) is 8.92. The van der Waals surface area contributed by atoms with Crippen LogP contribution in [0.1, 0.15) is 45.7 Å². The maximum atomic E-state index is 11.8. The Morgan fingerprint density at radius 2 is 2.14 bits per heavy atom. The van der Waals surface area contributed by atoms with Crippen molar-refractivity contribution in [3.63, 3.8) is 0 Å².